The summed E-state index contributed by atoms with van der Waals surface area (Å²) in [4.78, 5) is 14.3. The highest BCUT2D eigenvalue weighted by atomic mass is 19.1. The lowest BCUT2D eigenvalue weighted by atomic mass is 9.94. The average Bonchev–Trinajstić information content (AvgIpc) is 2.49. The summed E-state index contributed by atoms with van der Waals surface area (Å²) < 4.78 is 24.9. The minimum absolute atomic E-state index is 0.373. The molecule has 0 atom stereocenters. The number of ether oxygens (including phenoxy) is 2. The topological polar surface area (TPSA) is 38.8 Å². The Morgan fingerprint density at radius 1 is 1.19 bits per heavy atom. The molecule has 26 heavy (non-hydrogen) atoms. The molecule has 0 spiro atoms. The molecular weight excluding hydrogens is 333 g/mol. The summed E-state index contributed by atoms with van der Waals surface area (Å²) in [6, 6.07) is 4.57. The molecule has 2 aromatic rings. The molecule has 0 bridgehead atoms. The fourth-order valence-electron chi connectivity index (χ4n) is 3.19. The summed E-state index contributed by atoms with van der Waals surface area (Å²) in [6.45, 7) is 9.39. The minimum Gasteiger partial charge on any atom is -0.428 e. The molecule has 0 radical (unpaired) electrons. The number of halogens is 1. The van der Waals surface area contributed by atoms with Gasteiger partial charge in [-0.05, 0) is 57.9 Å². The molecule has 142 valence electrons. The van der Waals surface area contributed by atoms with E-state index in [0.29, 0.717) is 11.1 Å². The quantitative estimate of drug-likeness (QED) is 0.523. The third-order valence-corrected chi connectivity index (χ3v) is 4.09. The smallest absolute Gasteiger partial charge is 0.428 e. The van der Waals surface area contributed by atoms with Gasteiger partial charge < -0.3 is 14.4 Å². The van der Waals surface area contributed by atoms with Gasteiger partial charge in [0.15, 0.2) is 0 Å². The van der Waals surface area contributed by atoms with Crippen LogP contribution in [0.5, 0.6) is 5.75 Å². The Hall–Kier alpha value is -2.30. The fourth-order valence-corrected chi connectivity index (χ4v) is 3.19. The molecular formula is C21H28FNO3. The average molecular weight is 361 g/mol. The van der Waals surface area contributed by atoms with Crippen molar-refractivity contribution in [3.05, 3.63) is 35.1 Å². The Balaban J connectivity index is 2.73. The highest BCUT2D eigenvalue weighted by molar-refractivity contribution is 6.02. The normalized spacial score (nSPS) is 11.5. The highest BCUT2D eigenvalue weighted by Gasteiger charge is 2.24. The van der Waals surface area contributed by atoms with E-state index in [1.807, 2.05) is 25.9 Å². The molecule has 0 heterocycles. The predicted octanol–water partition coefficient (Wildman–Crippen LogP) is 5.62. The first-order valence-electron chi connectivity index (χ1n) is 8.88. The van der Waals surface area contributed by atoms with Crippen molar-refractivity contribution in [1.29, 1.82) is 0 Å². The van der Waals surface area contributed by atoms with Crippen molar-refractivity contribution >= 4 is 22.6 Å². The number of benzene rings is 2. The van der Waals surface area contributed by atoms with Crippen molar-refractivity contribution in [2.75, 3.05) is 19.0 Å². The standard InChI is InChI=1S/C21H28FNO3/c1-8-9-15-13(2)18(23(6)7)16-11-10-14(22)12-17(16)19(15)25-20(24)26-21(3,4)5/h10-12H,8-9H2,1-7H3. The molecule has 0 saturated heterocycles. The van der Waals surface area contributed by atoms with Crippen LogP contribution in [-0.4, -0.2) is 25.9 Å². The van der Waals surface area contributed by atoms with Gasteiger partial charge in [-0.2, -0.15) is 0 Å². The van der Waals surface area contributed by atoms with Crippen molar-refractivity contribution in [1.82, 2.24) is 0 Å². The molecule has 0 aromatic heterocycles. The van der Waals surface area contributed by atoms with E-state index < -0.39 is 11.8 Å². The number of carbonyl (C=O) groups excluding carboxylic acids is 1. The Labute approximate surface area is 154 Å². The molecule has 0 fully saturated rings. The zero-order valence-corrected chi connectivity index (χ0v) is 16.7. The molecule has 5 heteroatoms. The first-order valence-corrected chi connectivity index (χ1v) is 8.88. The van der Waals surface area contributed by atoms with Gasteiger partial charge in [0.25, 0.3) is 0 Å². The molecule has 0 aliphatic heterocycles. The molecule has 0 aliphatic carbocycles. The number of hydrogen-bond acceptors (Lipinski definition) is 4. The molecule has 0 unspecified atom stereocenters. The maximum absolute atomic E-state index is 14.0. The number of fused-ring (bicyclic) bond motifs is 1. The van der Waals surface area contributed by atoms with Crippen LogP contribution in [0.1, 0.15) is 45.2 Å². The van der Waals surface area contributed by atoms with Gasteiger partial charge in [-0.15, -0.1) is 0 Å². The summed E-state index contributed by atoms with van der Waals surface area (Å²) in [5.74, 6) is 0.0150. The van der Waals surface area contributed by atoms with E-state index in [-0.39, 0.29) is 5.82 Å². The van der Waals surface area contributed by atoms with Crippen molar-refractivity contribution in [3.8, 4) is 5.75 Å². The molecule has 4 nitrogen and oxygen atoms in total. The summed E-state index contributed by atoms with van der Waals surface area (Å²) in [5.41, 5.74) is 2.26. The van der Waals surface area contributed by atoms with E-state index in [1.54, 1.807) is 26.8 Å². The second-order valence-electron chi connectivity index (χ2n) is 7.68. The lowest BCUT2D eigenvalue weighted by molar-refractivity contribution is 0.0207. The van der Waals surface area contributed by atoms with Gasteiger partial charge in [0, 0.05) is 36.1 Å². The monoisotopic (exact) mass is 361 g/mol. The van der Waals surface area contributed by atoms with Crippen LogP contribution in [0, 0.1) is 12.7 Å². The third-order valence-electron chi connectivity index (χ3n) is 4.09. The van der Waals surface area contributed by atoms with Crippen molar-refractivity contribution in [2.24, 2.45) is 0 Å². The van der Waals surface area contributed by atoms with Gasteiger partial charge in [0.2, 0.25) is 0 Å². The maximum Gasteiger partial charge on any atom is 0.514 e. The number of anilines is 1. The molecule has 0 N–H and O–H groups in total. The number of hydrogen-bond donors (Lipinski definition) is 0. The van der Waals surface area contributed by atoms with Crippen molar-refractivity contribution in [2.45, 2.75) is 53.1 Å². The van der Waals surface area contributed by atoms with Gasteiger partial charge in [-0.25, -0.2) is 9.18 Å². The third kappa shape index (κ3) is 4.26. The lowest BCUT2D eigenvalue weighted by Gasteiger charge is -2.25. The Morgan fingerprint density at radius 3 is 2.38 bits per heavy atom. The summed E-state index contributed by atoms with van der Waals surface area (Å²) in [7, 11) is 3.91. The van der Waals surface area contributed by atoms with Crippen molar-refractivity contribution in [3.63, 3.8) is 0 Å². The number of rotatable bonds is 4. The molecule has 0 saturated carbocycles. The minimum atomic E-state index is -0.780. The summed E-state index contributed by atoms with van der Waals surface area (Å²) in [6.07, 6.45) is 0.814. The van der Waals surface area contributed by atoms with E-state index in [1.165, 1.54) is 12.1 Å². The Kier molecular flexibility index (Phi) is 5.79. The van der Waals surface area contributed by atoms with Gasteiger partial charge in [0.1, 0.15) is 17.2 Å². The number of carbonyl (C=O) groups is 1. The highest BCUT2D eigenvalue weighted by Crippen LogP contribution is 2.41. The first kappa shape index (κ1) is 20.0. The van der Waals surface area contributed by atoms with Crippen LogP contribution in [0.15, 0.2) is 18.2 Å². The van der Waals surface area contributed by atoms with E-state index >= 15 is 0 Å². The molecule has 2 aromatic carbocycles. The van der Waals surface area contributed by atoms with E-state index in [4.69, 9.17) is 9.47 Å². The zero-order chi connectivity index (χ0) is 19.6. The Bertz CT molecular complexity index is 822. The van der Waals surface area contributed by atoms with Gasteiger partial charge in [0.05, 0.1) is 0 Å². The largest absolute Gasteiger partial charge is 0.514 e. The van der Waals surface area contributed by atoms with Crippen LogP contribution in [0.4, 0.5) is 14.9 Å². The van der Waals surface area contributed by atoms with Crippen LogP contribution < -0.4 is 9.64 Å². The second kappa shape index (κ2) is 7.52. The SMILES string of the molecule is CCCc1c(C)c(N(C)C)c2ccc(F)cc2c1OC(=O)OC(C)(C)C. The number of nitrogens with zero attached hydrogens (tertiary/aromatic N) is 1. The molecule has 0 aliphatic rings. The summed E-state index contributed by atoms with van der Waals surface area (Å²) >= 11 is 0. The van der Waals surface area contributed by atoms with E-state index in [9.17, 15) is 9.18 Å². The van der Waals surface area contributed by atoms with Crippen molar-refractivity contribution < 1.29 is 18.7 Å². The van der Waals surface area contributed by atoms with Crippen LogP contribution in [0.2, 0.25) is 0 Å². The van der Waals surface area contributed by atoms with E-state index in [0.717, 1.165) is 35.0 Å². The first-order chi connectivity index (χ1) is 12.0. The predicted molar refractivity (Wildman–Crippen MR) is 104 cm³/mol. The van der Waals surface area contributed by atoms with Gasteiger partial charge in [-0.3, -0.25) is 0 Å². The Morgan fingerprint density at radius 2 is 1.85 bits per heavy atom. The van der Waals surface area contributed by atoms with Crippen LogP contribution in [0.25, 0.3) is 10.8 Å². The molecule has 2 rings (SSSR count). The maximum atomic E-state index is 14.0. The second-order valence-corrected chi connectivity index (χ2v) is 7.68. The lowest BCUT2D eigenvalue weighted by Crippen LogP contribution is -2.26. The molecule has 0 amide bonds. The van der Waals surface area contributed by atoms with Crippen LogP contribution in [0.3, 0.4) is 0 Å². The fraction of sp³-hybridized carbons (Fsp3) is 0.476. The van der Waals surface area contributed by atoms with Crippen LogP contribution >= 0.6 is 0 Å². The van der Waals surface area contributed by atoms with Gasteiger partial charge >= 0.3 is 6.16 Å². The zero-order valence-electron chi connectivity index (χ0n) is 16.7. The van der Waals surface area contributed by atoms with Crippen LogP contribution in [-0.2, 0) is 11.2 Å². The summed E-state index contributed by atoms with van der Waals surface area (Å²) in [5, 5.41) is 1.42. The van der Waals surface area contributed by atoms with E-state index in [2.05, 4.69) is 6.92 Å². The van der Waals surface area contributed by atoms with Gasteiger partial charge in [-0.1, -0.05) is 13.3 Å².